The van der Waals surface area contributed by atoms with E-state index in [1.165, 1.54) is 11.1 Å². The standard InChI is InChI=1S/C12H17NO/c1-10-2-4-11(5-3-10)6-7-12(14)8-9-13/h2-5H,6-9,13H2,1H3. The van der Waals surface area contributed by atoms with Crippen molar-refractivity contribution in [1.82, 2.24) is 0 Å². The number of benzene rings is 1. The van der Waals surface area contributed by atoms with Crippen molar-refractivity contribution in [1.29, 1.82) is 0 Å². The first-order valence-corrected chi connectivity index (χ1v) is 4.99. The monoisotopic (exact) mass is 191 g/mol. The maximum atomic E-state index is 11.2. The van der Waals surface area contributed by atoms with Gasteiger partial charge in [0.2, 0.25) is 0 Å². The number of carbonyl (C=O) groups excluding carboxylic acids is 1. The van der Waals surface area contributed by atoms with E-state index in [4.69, 9.17) is 5.73 Å². The summed E-state index contributed by atoms with van der Waals surface area (Å²) in [6, 6.07) is 8.29. The third-order valence-electron chi connectivity index (χ3n) is 2.24. The molecule has 0 spiro atoms. The number of nitrogens with two attached hydrogens (primary N) is 1. The van der Waals surface area contributed by atoms with Crippen molar-refractivity contribution in [2.45, 2.75) is 26.2 Å². The molecular formula is C12H17NO. The third kappa shape index (κ3) is 3.71. The molecular weight excluding hydrogens is 174 g/mol. The van der Waals surface area contributed by atoms with E-state index in [9.17, 15) is 4.79 Å². The van der Waals surface area contributed by atoms with E-state index >= 15 is 0 Å². The van der Waals surface area contributed by atoms with Crippen LogP contribution >= 0.6 is 0 Å². The van der Waals surface area contributed by atoms with E-state index in [1.807, 2.05) is 0 Å². The van der Waals surface area contributed by atoms with Crippen LogP contribution in [0.3, 0.4) is 0 Å². The van der Waals surface area contributed by atoms with Crippen LogP contribution in [0.15, 0.2) is 24.3 Å². The van der Waals surface area contributed by atoms with Gasteiger partial charge in [0.05, 0.1) is 0 Å². The topological polar surface area (TPSA) is 43.1 Å². The summed E-state index contributed by atoms with van der Waals surface area (Å²) in [6.07, 6.45) is 1.95. The SMILES string of the molecule is Cc1ccc(CCC(=O)CCN)cc1. The van der Waals surface area contributed by atoms with Gasteiger partial charge in [-0.05, 0) is 25.5 Å². The molecule has 1 aromatic carbocycles. The smallest absolute Gasteiger partial charge is 0.134 e. The largest absolute Gasteiger partial charge is 0.330 e. The fraction of sp³-hybridized carbons (Fsp3) is 0.417. The summed E-state index contributed by atoms with van der Waals surface area (Å²) in [5, 5.41) is 0. The van der Waals surface area contributed by atoms with Crippen LogP contribution in [0.1, 0.15) is 24.0 Å². The van der Waals surface area contributed by atoms with E-state index in [2.05, 4.69) is 31.2 Å². The number of aryl methyl sites for hydroxylation is 2. The van der Waals surface area contributed by atoms with Gasteiger partial charge in [0.1, 0.15) is 5.78 Å². The minimum atomic E-state index is 0.257. The summed E-state index contributed by atoms with van der Waals surface area (Å²) in [5.74, 6) is 0.257. The second kappa shape index (κ2) is 5.55. The molecule has 2 heteroatoms. The highest BCUT2D eigenvalue weighted by atomic mass is 16.1. The van der Waals surface area contributed by atoms with Gasteiger partial charge in [-0.25, -0.2) is 0 Å². The van der Waals surface area contributed by atoms with Crippen LogP contribution in [-0.4, -0.2) is 12.3 Å². The minimum Gasteiger partial charge on any atom is -0.330 e. The summed E-state index contributed by atoms with van der Waals surface area (Å²) in [4.78, 5) is 11.2. The lowest BCUT2D eigenvalue weighted by Crippen LogP contribution is -2.08. The number of rotatable bonds is 5. The van der Waals surface area contributed by atoms with Gasteiger partial charge in [-0.1, -0.05) is 29.8 Å². The summed E-state index contributed by atoms with van der Waals surface area (Å²) in [6.45, 7) is 2.52. The summed E-state index contributed by atoms with van der Waals surface area (Å²) < 4.78 is 0. The number of hydrogen-bond donors (Lipinski definition) is 1. The molecule has 0 fully saturated rings. The number of Topliss-reactive ketones (excluding diaryl/α,β-unsaturated/α-hetero) is 1. The van der Waals surface area contributed by atoms with Gasteiger partial charge >= 0.3 is 0 Å². The van der Waals surface area contributed by atoms with Gasteiger partial charge in [-0.2, -0.15) is 0 Å². The maximum absolute atomic E-state index is 11.2. The lowest BCUT2D eigenvalue weighted by molar-refractivity contribution is -0.118. The molecule has 0 amide bonds. The predicted molar refractivity (Wildman–Crippen MR) is 58.2 cm³/mol. The third-order valence-corrected chi connectivity index (χ3v) is 2.24. The second-order valence-electron chi connectivity index (χ2n) is 3.56. The highest BCUT2D eigenvalue weighted by Gasteiger charge is 2.00. The Morgan fingerprint density at radius 2 is 1.86 bits per heavy atom. The quantitative estimate of drug-likeness (QED) is 0.771. The van der Waals surface area contributed by atoms with Gasteiger partial charge in [-0.3, -0.25) is 4.79 Å². The van der Waals surface area contributed by atoms with Crippen LogP contribution in [0.4, 0.5) is 0 Å². The van der Waals surface area contributed by atoms with Crippen LogP contribution < -0.4 is 5.73 Å². The van der Waals surface area contributed by atoms with E-state index in [0.29, 0.717) is 19.4 Å². The molecule has 1 aromatic rings. The number of ketones is 1. The first kappa shape index (κ1) is 10.9. The number of hydrogen-bond acceptors (Lipinski definition) is 2. The molecule has 0 bridgehead atoms. The molecule has 0 atom stereocenters. The van der Waals surface area contributed by atoms with Crippen LogP contribution in [0.25, 0.3) is 0 Å². The van der Waals surface area contributed by atoms with Gasteiger partial charge in [0, 0.05) is 12.8 Å². The lowest BCUT2D eigenvalue weighted by Gasteiger charge is -2.01. The summed E-state index contributed by atoms with van der Waals surface area (Å²) >= 11 is 0. The molecule has 0 aliphatic heterocycles. The average molecular weight is 191 g/mol. The Morgan fingerprint density at radius 1 is 1.21 bits per heavy atom. The summed E-state index contributed by atoms with van der Waals surface area (Å²) in [7, 11) is 0. The first-order chi connectivity index (χ1) is 6.72. The van der Waals surface area contributed by atoms with Crippen molar-refractivity contribution in [2.24, 2.45) is 5.73 Å². The van der Waals surface area contributed by atoms with Crippen molar-refractivity contribution >= 4 is 5.78 Å². The fourth-order valence-electron chi connectivity index (χ4n) is 1.32. The Hall–Kier alpha value is -1.15. The molecule has 1 rings (SSSR count). The Labute approximate surface area is 85.1 Å². The maximum Gasteiger partial charge on any atom is 0.134 e. The van der Waals surface area contributed by atoms with E-state index in [0.717, 1.165) is 6.42 Å². The summed E-state index contributed by atoms with van der Waals surface area (Å²) in [5.41, 5.74) is 7.77. The second-order valence-corrected chi connectivity index (χ2v) is 3.56. The highest BCUT2D eigenvalue weighted by Crippen LogP contribution is 2.06. The fourth-order valence-corrected chi connectivity index (χ4v) is 1.32. The molecule has 0 heterocycles. The number of carbonyl (C=O) groups is 1. The van der Waals surface area contributed by atoms with Crippen LogP contribution in [0.2, 0.25) is 0 Å². The Bertz CT molecular complexity index is 290. The van der Waals surface area contributed by atoms with Gasteiger partial charge in [0.15, 0.2) is 0 Å². The van der Waals surface area contributed by atoms with E-state index < -0.39 is 0 Å². The molecule has 0 aliphatic rings. The van der Waals surface area contributed by atoms with Gasteiger partial charge < -0.3 is 5.73 Å². The molecule has 0 saturated carbocycles. The Morgan fingerprint density at radius 3 is 2.43 bits per heavy atom. The molecule has 0 aliphatic carbocycles. The zero-order valence-electron chi connectivity index (χ0n) is 8.62. The highest BCUT2D eigenvalue weighted by molar-refractivity contribution is 5.78. The van der Waals surface area contributed by atoms with Gasteiger partial charge in [-0.15, -0.1) is 0 Å². The molecule has 2 N–H and O–H groups in total. The minimum absolute atomic E-state index is 0.257. The van der Waals surface area contributed by atoms with E-state index in [1.54, 1.807) is 0 Å². The molecule has 2 nitrogen and oxygen atoms in total. The van der Waals surface area contributed by atoms with Crippen molar-refractivity contribution in [2.75, 3.05) is 6.54 Å². The Balaban J connectivity index is 2.38. The van der Waals surface area contributed by atoms with Gasteiger partial charge in [0.25, 0.3) is 0 Å². The predicted octanol–water partition coefficient (Wildman–Crippen LogP) is 1.85. The van der Waals surface area contributed by atoms with Crippen molar-refractivity contribution in [3.8, 4) is 0 Å². The van der Waals surface area contributed by atoms with Crippen molar-refractivity contribution < 1.29 is 4.79 Å². The molecule has 0 aromatic heterocycles. The van der Waals surface area contributed by atoms with Crippen molar-refractivity contribution in [3.63, 3.8) is 0 Å². The zero-order chi connectivity index (χ0) is 10.4. The normalized spacial score (nSPS) is 10.1. The molecule has 0 unspecified atom stereocenters. The van der Waals surface area contributed by atoms with Crippen LogP contribution in [-0.2, 0) is 11.2 Å². The first-order valence-electron chi connectivity index (χ1n) is 4.99. The zero-order valence-corrected chi connectivity index (χ0v) is 8.62. The van der Waals surface area contributed by atoms with Crippen LogP contribution in [0, 0.1) is 6.92 Å². The Kier molecular flexibility index (Phi) is 4.33. The molecule has 0 radical (unpaired) electrons. The lowest BCUT2D eigenvalue weighted by atomic mass is 10.1. The average Bonchev–Trinajstić information content (AvgIpc) is 2.17. The van der Waals surface area contributed by atoms with Crippen molar-refractivity contribution in [3.05, 3.63) is 35.4 Å². The molecule has 0 saturated heterocycles. The van der Waals surface area contributed by atoms with Crippen LogP contribution in [0.5, 0.6) is 0 Å². The molecule has 14 heavy (non-hydrogen) atoms. The van der Waals surface area contributed by atoms with E-state index in [-0.39, 0.29) is 5.78 Å². The molecule has 76 valence electrons.